The SMILES string of the molecule is CC(C)(C)c1cc(-c2ccccc2C(C)(C)C)c(-c2cc(N3CCCC3=O)cc(N3CCCC3=O)c2)c(-c2ccccc2C(C)(C)C)c1. The molecule has 250 valence electrons. The summed E-state index contributed by atoms with van der Waals surface area (Å²) in [5.74, 6) is 0.288. The summed E-state index contributed by atoms with van der Waals surface area (Å²) in [6.07, 6.45) is 2.79. The third-order valence-corrected chi connectivity index (χ3v) is 10.0. The highest BCUT2D eigenvalue weighted by Gasteiger charge is 2.31. The highest BCUT2D eigenvalue weighted by Crippen LogP contribution is 2.49. The van der Waals surface area contributed by atoms with Crippen molar-refractivity contribution in [2.75, 3.05) is 22.9 Å². The lowest BCUT2D eigenvalue weighted by Gasteiger charge is -2.31. The summed E-state index contributed by atoms with van der Waals surface area (Å²) >= 11 is 0. The van der Waals surface area contributed by atoms with Crippen molar-refractivity contribution >= 4 is 23.2 Å². The van der Waals surface area contributed by atoms with Crippen LogP contribution in [-0.4, -0.2) is 24.9 Å². The number of carbonyl (C=O) groups is 2. The molecule has 0 bridgehead atoms. The summed E-state index contributed by atoms with van der Waals surface area (Å²) in [6.45, 7) is 22.0. The second-order valence-corrected chi connectivity index (χ2v) is 16.8. The second-order valence-electron chi connectivity index (χ2n) is 16.8. The predicted molar refractivity (Wildman–Crippen MR) is 202 cm³/mol. The maximum Gasteiger partial charge on any atom is 0.227 e. The summed E-state index contributed by atoms with van der Waals surface area (Å²) in [5.41, 5.74) is 12.2. The van der Waals surface area contributed by atoms with Crippen LogP contribution in [0.25, 0.3) is 33.4 Å². The van der Waals surface area contributed by atoms with E-state index in [1.165, 1.54) is 38.9 Å². The molecule has 0 unspecified atom stereocenters. The Kier molecular flexibility index (Phi) is 8.68. The van der Waals surface area contributed by atoms with Gasteiger partial charge in [0.2, 0.25) is 11.8 Å². The zero-order chi connectivity index (χ0) is 34.6. The smallest absolute Gasteiger partial charge is 0.227 e. The lowest BCUT2D eigenvalue weighted by Crippen LogP contribution is -2.26. The van der Waals surface area contributed by atoms with Crippen LogP contribution < -0.4 is 9.80 Å². The van der Waals surface area contributed by atoms with Crippen molar-refractivity contribution in [1.82, 2.24) is 0 Å². The molecule has 0 aromatic heterocycles. The summed E-state index contributed by atoms with van der Waals surface area (Å²) in [6, 6.07) is 28.9. The van der Waals surface area contributed by atoms with Crippen LogP contribution in [0.2, 0.25) is 0 Å². The van der Waals surface area contributed by atoms with Gasteiger partial charge in [-0.05, 0) is 109 Å². The molecular formula is C44H52N2O2. The van der Waals surface area contributed by atoms with E-state index in [-0.39, 0.29) is 28.1 Å². The van der Waals surface area contributed by atoms with E-state index in [4.69, 9.17) is 0 Å². The van der Waals surface area contributed by atoms with Gasteiger partial charge in [0.15, 0.2) is 0 Å². The number of benzene rings is 4. The Hall–Kier alpha value is -4.18. The van der Waals surface area contributed by atoms with E-state index in [0.717, 1.165) is 35.3 Å². The lowest BCUT2D eigenvalue weighted by molar-refractivity contribution is -0.117. The maximum atomic E-state index is 13.2. The quantitative estimate of drug-likeness (QED) is 0.218. The van der Waals surface area contributed by atoms with Crippen LogP contribution >= 0.6 is 0 Å². The number of carbonyl (C=O) groups excluding carboxylic acids is 2. The molecule has 0 atom stereocenters. The van der Waals surface area contributed by atoms with Gasteiger partial charge in [-0.25, -0.2) is 0 Å². The molecular weight excluding hydrogens is 588 g/mol. The topological polar surface area (TPSA) is 40.6 Å². The number of anilines is 2. The van der Waals surface area contributed by atoms with Crippen LogP contribution in [0.1, 0.15) is 105 Å². The molecule has 4 heteroatoms. The fourth-order valence-electron chi connectivity index (χ4n) is 7.45. The fourth-order valence-corrected chi connectivity index (χ4v) is 7.45. The normalized spacial score (nSPS) is 15.9. The molecule has 6 rings (SSSR count). The first kappa shape index (κ1) is 33.7. The molecule has 0 aliphatic carbocycles. The molecule has 0 radical (unpaired) electrons. The molecule has 2 aliphatic heterocycles. The van der Waals surface area contributed by atoms with E-state index >= 15 is 0 Å². The summed E-state index contributed by atoms with van der Waals surface area (Å²) < 4.78 is 0. The number of nitrogens with zero attached hydrogens (tertiary/aromatic N) is 2. The number of hydrogen-bond acceptors (Lipinski definition) is 2. The molecule has 2 heterocycles. The van der Waals surface area contributed by atoms with E-state index < -0.39 is 0 Å². The zero-order valence-corrected chi connectivity index (χ0v) is 30.5. The molecule has 2 amide bonds. The van der Waals surface area contributed by atoms with E-state index in [2.05, 4.69) is 141 Å². The van der Waals surface area contributed by atoms with Crippen LogP contribution in [0.5, 0.6) is 0 Å². The van der Waals surface area contributed by atoms with Crippen molar-refractivity contribution in [3.05, 3.63) is 95.6 Å². The van der Waals surface area contributed by atoms with Gasteiger partial charge >= 0.3 is 0 Å². The maximum absolute atomic E-state index is 13.2. The van der Waals surface area contributed by atoms with Crippen molar-refractivity contribution in [3.63, 3.8) is 0 Å². The average molecular weight is 641 g/mol. The third kappa shape index (κ3) is 6.46. The predicted octanol–water partition coefficient (Wildman–Crippen LogP) is 10.8. The van der Waals surface area contributed by atoms with Gasteiger partial charge in [0.1, 0.15) is 0 Å². The van der Waals surface area contributed by atoms with Gasteiger partial charge < -0.3 is 9.80 Å². The molecule has 0 N–H and O–H groups in total. The lowest BCUT2D eigenvalue weighted by atomic mass is 9.74. The largest absolute Gasteiger partial charge is 0.312 e. The van der Waals surface area contributed by atoms with Crippen LogP contribution in [0.15, 0.2) is 78.9 Å². The molecule has 2 saturated heterocycles. The molecule has 4 aromatic carbocycles. The number of hydrogen-bond donors (Lipinski definition) is 0. The minimum atomic E-state index is -0.105. The van der Waals surface area contributed by atoms with Gasteiger partial charge in [-0.15, -0.1) is 0 Å². The zero-order valence-electron chi connectivity index (χ0n) is 30.5. The Morgan fingerprint density at radius 1 is 0.500 bits per heavy atom. The highest BCUT2D eigenvalue weighted by atomic mass is 16.2. The Labute approximate surface area is 288 Å². The van der Waals surface area contributed by atoms with Crippen molar-refractivity contribution in [2.24, 2.45) is 0 Å². The van der Waals surface area contributed by atoms with Crippen LogP contribution in [-0.2, 0) is 25.8 Å². The van der Waals surface area contributed by atoms with E-state index in [9.17, 15) is 9.59 Å². The minimum Gasteiger partial charge on any atom is -0.312 e. The Bertz CT molecular complexity index is 1760. The van der Waals surface area contributed by atoms with Gasteiger partial charge in [0.05, 0.1) is 0 Å². The minimum absolute atomic E-state index is 0.0912. The molecule has 0 saturated carbocycles. The van der Waals surface area contributed by atoms with Gasteiger partial charge in [-0.1, -0.05) is 111 Å². The van der Waals surface area contributed by atoms with Gasteiger partial charge in [-0.3, -0.25) is 9.59 Å². The van der Waals surface area contributed by atoms with Gasteiger partial charge in [-0.2, -0.15) is 0 Å². The first-order valence-electron chi connectivity index (χ1n) is 17.7. The third-order valence-electron chi connectivity index (χ3n) is 10.0. The first-order valence-corrected chi connectivity index (χ1v) is 17.7. The monoisotopic (exact) mass is 640 g/mol. The molecule has 2 aliphatic rings. The van der Waals surface area contributed by atoms with E-state index in [1.807, 2.05) is 9.80 Å². The van der Waals surface area contributed by atoms with Crippen LogP contribution in [0.4, 0.5) is 11.4 Å². The van der Waals surface area contributed by atoms with E-state index in [1.54, 1.807) is 0 Å². The summed E-state index contributed by atoms with van der Waals surface area (Å²) in [4.78, 5) is 30.3. The molecule has 4 nitrogen and oxygen atoms in total. The molecule has 4 aromatic rings. The Balaban J connectivity index is 1.79. The second kappa shape index (κ2) is 12.4. The van der Waals surface area contributed by atoms with Crippen LogP contribution in [0, 0.1) is 0 Å². The molecule has 48 heavy (non-hydrogen) atoms. The van der Waals surface area contributed by atoms with Crippen molar-refractivity contribution in [1.29, 1.82) is 0 Å². The summed E-state index contributed by atoms with van der Waals surface area (Å²) in [5, 5.41) is 0. The van der Waals surface area contributed by atoms with Crippen molar-refractivity contribution in [2.45, 2.75) is 104 Å². The van der Waals surface area contributed by atoms with Crippen LogP contribution in [0.3, 0.4) is 0 Å². The summed E-state index contributed by atoms with van der Waals surface area (Å²) in [7, 11) is 0. The average Bonchev–Trinajstić information content (AvgIpc) is 3.66. The first-order chi connectivity index (χ1) is 22.5. The van der Waals surface area contributed by atoms with Crippen molar-refractivity contribution in [3.8, 4) is 33.4 Å². The molecule has 0 spiro atoms. The Morgan fingerprint density at radius 3 is 1.27 bits per heavy atom. The van der Waals surface area contributed by atoms with E-state index in [0.29, 0.717) is 25.9 Å². The highest BCUT2D eigenvalue weighted by molar-refractivity contribution is 6.03. The Morgan fingerprint density at radius 2 is 0.917 bits per heavy atom. The van der Waals surface area contributed by atoms with Gasteiger partial charge in [0.25, 0.3) is 0 Å². The molecule has 2 fully saturated rings. The van der Waals surface area contributed by atoms with Crippen molar-refractivity contribution < 1.29 is 9.59 Å². The van der Waals surface area contributed by atoms with Gasteiger partial charge in [0, 0.05) is 37.3 Å². The number of amides is 2. The number of rotatable bonds is 5. The standard InChI is InChI=1S/C44H52N2O2/c1-42(2,3)30-26-35(33-16-10-12-18-37(33)43(4,5)6)41(36(27-30)34-17-11-13-19-38(34)44(7,8)9)29-24-31(45-22-14-20-39(45)47)28-32(25-29)46-23-15-21-40(46)48/h10-13,16-19,24-28H,14-15,20-23H2,1-9H3. The fraction of sp³-hybridized carbons (Fsp3) is 0.409.